The van der Waals surface area contributed by atoms with Gasteiger partial charge in [-0.1, -0.05) is 39.8 Å². The lowest BCUT2D eigenvalue weighted by Crippen LogP contribution is -2.79. The van der Waals surface area contributed by atoms with E-state index in [-0.39, 0.29) is 91.0 Å². The molecule has 0 unspecified atom stereocenters. The Balaban J connectivity index is 0.00000273. The molecule has 0 aliphatic carbocycles. The van der Waals surface area contributed by atoms with E-state index in [2.05, 4.69) is 65.2 Å². The third kappa shape index (κ3) is 13.3. The van der Waals surface area contributed by atoms with E-state index in [1.54, 1.807) is 36.2 Å². The Bertz CT molecular complexity index is 2760. The molecule has 9 rings (SSSR count). The molecule has 1 aromatic carbocycles. The van der Waals surface area contributed by atoms with E-state index in [1.165, 1.54) is 21.2 Å². The number of morpholine rings is 1. The van der Waals surface area contributed by atoms with Gasteiger partial charge in [-0.25, -0.2) is 15.2 Å². The van der Waals surface area contributed by atoms with Crippen molar-refractivity contribution >= 4 is 106 Å². The summed E-state index contributed by atoms with van der Waals surface area (Å²) in [7, 11) is 3.32. The van der Waals surface area contributed by atoms with Crippen LogP contribution in [0.1, 0.15) is 83.2 Å². The minimum Gasteiger partial charge on any atom is -0.464 e. The van der Waals surface area contributed by atoms with Gasteiger partial charge in [0.15, 0.2) is 0 Å². The van der Waals surface area contributed by atoms with Crippen molar-refractivity contribution < 1.29 is 38.2 Å². The second-order valence-electron chi connectivity index (χ2n) is 21.5. The maximum absolute atomic E-state index is 14.8. The smallest absolute Gasteiger partial charge is 0.324 e. The number of rotatable bonds is 11. The first-order chi connectivity index (χ1) is 35.0. The van der Waals surface area contributed by atoms with E-state index < -0.39 is 46.9 Å². The fraction of sp³-hybridized carbons (Fsp3) is 0.574. The highest BCUT2D eigenvalue weighted by Gasteiger charge is 2.57. The third-order valence-corrected chi connectivity index (χ3v) is 16.3. The number of fused-ring (bicyclic) bond motifs is 6. The van der Waals surface area contributed by atoms with E-state index in [4.69, 9.17) is 24.2 Å². The van der Waals surface area contributed by atoms with Crippen LogP contribution in [0.2, 0.25) is 0 Å². The van der Waals surface area contributed by atoms with Crippen molar-refractivity contribution in [1.29, 1.82) is 0 Å². The quantitative estimate of drug-likeness (QED) is 0.134. The Morgan fingerprint density at radius 3 is 2.45 bits per heavy atom. The molecule has 2 N–H and O–H groups in total. The Hall–Kier alpha value is -4.33. The number of benzene rings is 1. The second-order valence-corrected chi connectivity index (χ2v) is 22.4. The summed E-state index contributed by atoms with van der Waals surface area (Å²) in [5, 5.41) is 8.17. The lowest BCUT2D eigenvalue weighted by atomic mass is 9.77. The summed E-state index contributed by atoms with van der Waals surface area (Å²) < 4.78 is 19.7. The number of thiazole rings is 1. The van der Waals surface area contributed by atoms with Gasteiger partial charge < -0.3 is 38.8 Å². The highest BCUT2D eigenvalue weighted by molar-refractivity contribution is 7.59. The van der Waals surface area contributed by atoms with Crippen molar-refractivity contribution in [2.45, 2.75) is 110 Å². The SMILES string of the molecule is CCn1c(-c2cccnc2[C@H](C)OC)c2c3cc(ccc31)-c1csc(n1)C[C@H](NC(=O)[C@H](C(C)C)N(C)C(=O)N1CCC13CN(C(=O)/C=C/CN1CCOCC1)C3)C(=O)N1CCC[C@H](N1)C(=O)OCC(C)(C)C2.S.S.S.S. The zero-order valence-corrected chi connectivity index (χ0v) is 50.5. The van der Waals surface area contributed by atoms with Gasteiger partial charge in [-0.2, -0.15) is 54.0 Å². The lowest BCUT2D eigenvalue weighted by Gasteiger charge is -2.62. The average Bonchev–Trinajstić information content (AvgIpc) is 3.95. The van der Waals surface area contributed by atoms with E-state index in [0.717, 1.165) is 64.2 Å². The molecular weight excluding hydrogens is 1080 g/mol. The molecule has 3 aromatic heterocycles. The highest BCUT2D eigenvalue weighted by atomic mass is 32.1. The van der Waals surface area contributed by atoms with E-state index in [9.17, 15) is 24.0 Å². The number of ether oxygens (including phenoxy) is 3. The van der Waals surface area contributed by atoms with Crippen LogP contribution in [0.5, 0.6) is 0 Å². The number of carbonyl (C=O) groups excluding carboxylic acids is 5. The molecule has 4 aromatic rings. The van der Waals surface area contributed by atoms with Gasteiger partial charge in [0, 0.05) is 118 Å². The molecule has 18 nitrogen and oxygen atoms in total. The van der Waals surface area contributed by atoms with Gasteiger partial charge in [0.1, 0.15) is 18.1 Å². The van der Waals surface area contributed by atoms with E-state index in [0.29, 0.717) is 76.8 Å². The van der Waals surface area contributed by atoms with E-state index >= 15 is 0 Å². The van der Waals surface area contributed by atoms with Crippen molar-refractivity contribution in [3.8, 4) is 22.5 Å². The van der Waals surface area contributed by atoms with Crippen molar-refractivity contribution in [1.82, 2.24) is 49.9 Å². The summed E-state index contributed by atoms with van der Waals surface area (Å²) in [5.41, 5.74) is 8.80. The third-order valence-electron chi connectivity index (χ3n) is 15.4. The molecule has 4 atom stereocenters. The standard InChI is InChI=1S/C54H72N10O8S.4H2S/c1-9-62-43-17-16-36-27-38(43)39(48(62)37-13-10-19-55-46(37)35(4)70-8)29-53(5,6)33-72-51(68)40-14-11-21-64(58-40)50(67)41(28-44-56-42(36)30-73-44)57-49(66)47(34(2)3)59(7)52(69)63-22-18-54(63)31-61(32-54)45(65)15-12-20-60-23-25-71-26-24-60;;;;/h10,12-13,15-17,19,27,30,34-35,40-41,47,58H,9,11,14,18,20-26,28-29,31-33H2,1-8H3,(H,57,66);4*1H2/b15-12+;;;;/t35-,40-,41-,47-;;;;/m0..../s1. The molecule has 4 fully saturated rings. The summed E-state index contributed by atoms with van der Waals surface area (Å²) in [5.74, 6) is -1.76. The Labute approximate surface area is 485 Å². The number of hydrazine groups is 1. The number of aromatic nitrogens is 3. The topological polar surface area (TPSA) is 184 Å². The number of aryl methyl sites for hydroxylation is 1. The molecule has 77 heavy (non-hydrogen) atoms. The molecule has 5 aliphatic rings. The monoisotopic (exact) mass is 1160 g/mol. The molecule has 1 spiro atoms. The molecular formula is C54H80N10O8S5. The van der Waals surface area contributed by atoms with Crippen LogP contribution < -0.4 is 10.7 Å². The van der Waals surface area contributed by atoms with Crippen LogP contribution in [0.25, 0.3) is 33.4 Å². The summed E-state index contributed by atoms with van der Waals surface area (Å²) >= 11 is 1.41. The minimum atomic E-state index is -1.09. The largest absolute Gasteiger partial charge is 0.464 e. The zero-order chi connectivity index (χ0) is 51.8. The molecule has 0 radical (unpaired) electrons. The number of methoxy groups -OCH3 is 1. The molecule has 424 valence electrons. The minimum absolute atomic E-state index is 0. The number of likely N-dealkylation sites (N-methyl/N-ethyl adjacent to an activating group) is 1. The maximum Gasteiger partial charge on any atom is 0.324 e. The number of nitrogens with one attached hydrogen (secondary N) is 2. The first kappa shape index (κ1) is 63.5. The van der Waals surface area contributed by atoms with Crippen LogP contribution >= 0.6 is 65.3 Å². The molecule has 0 saturated carbocycles. The Morgan fingerprint density at radius 1 is 1.04 bits per heavy atom. The van der Waals surface area contributed by atoms with Gasteiger partial charge in [-0.05, 0) is 75.3 Å². The number of amides is 5. The second kappa shape index (κ2) is 26.8. The summed E-state index contributed by atoms with van der Waals surface area (Å²) in [6, 6.07) is 7.32. The zero-order valence-electron chi connectivity index (χ0n) is 45.6. The summed E-state index contributed by atoms with van der Waals surface area (Å²) in [6.45, 7) is 18.3. The normalized spacial score (nSPS) is 21.0. The van der Waals surface area contributed by atoms with Crippen molar-refractivity contribution in [2.75, 3.05) is 79.8 Å². The summed E-state index contributed by atoms with van der Waals surface area (Å²) in [6.07, 6.45) is 7.45. The number of pyridine rings is 1. The molecule has 5 amide bonds. The van der Waals surface area contributed by atoms with Crippen molar-refractivity contribution in [3.63, 3.8) is 0 Å². The number of urea groups is 1. The van der Waals surface area contributed by atoms with Gasteiger partial charge in [-0.15, -0.1) is 11.3 Å². The number of hydrogen-bond acceptors (Lipinski definition) is 13. The molecule has 23 heteroatoms. The van der Waals surface area contributed by atoms with Crippen molar-refractivity contribution in [2.24, 2.45) is 11.3 Å². The summed E-state index contributed by atoms with van der Waals surface area (Å²) in [4.78, 5) is 88.1. The van der Waals surface area contributed by atoms with Gasteiger partial charge >= 0.3 is 12.0 Å². The highest BCUT2D eigenvalue weighted by Crippen LogP contribution is 2.43. The van der Waals surface area contributed by atoms with Crippen molar-refractivity contribution in [3.05, 3.63) is 70.3 Å². The Morgan fingerprint density at radius 2 is 1.78 bits per heavy atom. The van der Waals surface area contributed by atoms with Crippen LogP contribution in [0.15, 0.2) is 54.1 Å². The maximum atomic E-state index is 14.8. The fourth-order valence-corrected chi connectivity index (χ4v) is 12.1. The van der Waals surface area contributed by atoms with Gasteiger partial charge in [0.05, 0.1) is 53.6 Å². The van der Waals surface area contributed by atoms with Crippen LogP contribution in [-0.4, -0.2) is 172 Å². The molecule has 4 saturated heterocycles. The number of carbonyl (C=O) groups is 5. The first-order valence-corrected chi connectivity index (χ1v) is 26.8. The van der Waals surface area contributed by atoms with Crippen LogP contribution in [0.4, 0.5) is 4.79 Å². The number of nitrogens with zero attached hydrogens (tertiary/aromatic N) is 8. The molecule has 8 heterocycles. The lowest BCUT2D eigenvalue weighted by molar-refractivity contribution is -0.155. The number of hydrogen-bond donors (Lipinski definition) is 2. The number of cyclic esters (lactones) is 1. The van der Waals surface area contributed by atoms with Crippen LogP contribution in [0.3, 0.4) is 0 Å². The fourth-order valence-electron chi connectivity index (χ4n) is 11.2. The van der Waals surface area contributed by atoms with Crippen LogP contribution in [-0.2, 0) is 52.8 Å². The van der Waals surface area contributed by atoms with Crippen LogP contribution in [0, 0.1) is 11.3 Å². The molecule has 5 aliphatic heterocycles. The predicted octanol–water partition coefficient (Wildman–Crippen LogP) is 5.91. The van der Waals surface area contributed by atoms with Gasteiger partial charge in [0.25, 0.3) is 5.91 Å². The van der Waals surface area contributed by atoms with Gasteiger partial charge in [-0.3, -0.25) is 34.1 Å². The van der Waals surface area contributed by atoms with E-state index in [1.807, 2.05) is 38.3 Å². The molecule has 6 bridgehead atoms. The number of esters is 1. The first-order valence-electron chi connectivity index (χ1n) is 25.9. The predicted molar refractivity (Wildman–Crippen MR) is 320 cm³/mol. The average molecular weight is 1160 g/mol. The van der Waals surface area contributed by atoms with Gasteiger partial charge in [0.2, 0.25) is 11.8 Å². The Kier molecular flexibility index (Phi) is 22.1. The number of likely N-dealkylation sites (tertiary alicyclic amines) is 2.